The summed E-state index contributed by atoms with van der Waals surface area (Å²) in [6.07, 6.45) is -2.98. The van der Waals surface area contributed by atoms with E-state index in [0.29, 0.717) is 0 Å². The number of esters is 3. The van der Waals surface area contributed by atoms with Crippen LogP contribution in [-0.2, 0) is 38.1 Å². The molecule has 9 nitrogen and oxygen atoms in total. The van der Waals surface area contributed by atoms with E-state index in [1.807, 2.05) is 0 Å². The van der Waals surface area contributed by atoms with Gasteiger partial charge in [-0.15, -0.1) is 0 Å². The molecule has 24 heavy (non-hydrogen) atoms. The molecule has 1 saturated heterocycles. The Bertz CT molecular complexity index is 556. The SMILES string of the molecule is CC(=O)N=C1C(OC(C)=O)O[C@H](COC(C)=O)C(C)C1OC(C)=O. The van der Waals surface area contributed by atoms with Crippen LogP contribution >= 0.6 is 0 Å². The van der Waals surface area contributed by atoms with Crippen molar-refractivity contribution in [2.24, 2.45) is 10.9 Å². The summed E-state index contributed by atoms with van der Waals surface area (Å²) in [4.78, 5) is 48.9. The molecule has 0 radical (unpaired) electrons. The number of carbonyl (C=O) groups is 4. The van der Waals surface area contributed by atoms with Gasteiger partial charge in [-0.1, -0.05) is 6.92 Å². The highest BCUT2D eigenvalue weighted by molar-refractivity contribution is 6.01. The molecule has 1 amide bonds. The van der Waals surface area contributed by atoms with Crippen molar-refractivity contribution in [3.8, 4) is 0 Å². The zero-order chi connectivity index (χ0) is 18.4. The van der Waals surface area contributed by atoms with E-state index < -0.39 is 48.2 Å². The first-order valence-corrected chi connectivity index (χ1v) is 7.34. The van der Waals surface area contributed by atoms with E-state index in [9.17, 15) is 19.2 Å². The fraction of sp³-hybridized carbons (Fsp3) is 0.667. The second kappa shape index (κ2) is 8.53. The lowest BCUT2D eigenvalue weighted by atomic mass is 9.91. The van der Waals surface area contributed by atoms with Crippen LogP contribution < -0.4 is 0 Å². The molecule has 1 fully saturated rings. The van der Waals surface area contributed by atoms with Crippen molar-refractivity contribution in [2.45, 2.75) is 53.1 Å². The Labute approximate surface area is 139 Å². The molecule has 0 saturated carbocycles. The average Bonchev–Trinajstić information content (AvgIpc) is 2.42. The Morgan fingerprint density at radius 2 is 1.58 bits per heavy atom. The average molecular weight is 343 g/mol. The molecular weight excluding hydrogens is 322 g/mol. The Kier molecular flexibility index (Phi) is 7.02. The summed E-state index contributed by atoms with van der Waals surface area (Å²) >= 11 is 0. The van der Waals surface area contributed by atoms with Crippen LogP contribution in [0.25, 0.3) is 0 Å². The van der Waals surface area contributed by atoms with E-state index in [0.717, 1.165) is 6.92 Å². The zero-order valence-electron chi connectivity index (χ0n) is 14.2. The molecule has 0 aromatic heterocycles. The van der Waals surface area contributed by atoms with Gasteiger partial charge >= 0.3 is 17.9 Å². The summed E-state index contributed by atoms with van der Waals surface area (Å²) in [6.45, 7) is 6.37. The summed E-state index contributed by atoms with van der Waals surface area (Å²) in [7, 11) is 0. The normalized spacial score (nSPS) is 28.1. The largest absolute Gasteiger partial charge is 0.463 e. The van der Waals surface area contributed by atoms with E-state index in [1.54, 1.807) is 6.92 Å². The molecule has 0 aromatic carbocycles. The lowest BCUT2D eigenvalue weighted by Crippen LogP contribution is -2.55. The molecule has 9 heteroatoms. The molecule has 1 aliphatic rings. The highest BCUT2D eigenvalue weighted by Crippen LogP contribution is 2.28. The third-order valence-electron chi connectivity index (χ3n) is 3.20. The zero-order valence-corrected chi connectivity index (χ0v) is 14.2. The minimum absolute atomic E-state index is 0.0144. The lowest BCUT2D eigenvalue weighted by molar-refractivity contribution is -0.199. The molecule has 134 valence electrons. The monoisotopic (exact) mass is 343 g/mol. The van der Waals surface area contributed by atoms with Crippen molar-refractivity contribution in [1.82, 2.24) is 0 Å². The fourth-order valence-corrected chi connectivity index (χ4v) is 2.22. The molecule has 4 atom stereocenters. The molecule has 0 spiro atoms. The first kappa shape index (κ1) is 19.8. The third kappa shape index (κ3) is 5.73. The topological polar surface area (TPSA) is 118 Å². The fourth-order valence-electron chi connectivity index (χ4n) is 2.22. The Morgan fingerprint density at radius 3 is 2.04 bits per heavy atom. The molecule has 1 heterocycles. The van der Waals surface area contributed by atoms with Crippen LogP contribution in [0.5, 0.6) is 0 Å². The lowest BCUT2D eigenvalue weighted by Gasteiger charge is -2.39. The van der Waals surface area contributed by atoms with Gasteiger partial charge < -0.3 is 18.9 Å². The molecule has 1 rings (SSSR count). The van der Waals surface area contributed by atoms with Gasteiger partial charge in [-0.2, -0.15) is 0 Å². The van der Waals surface area contributed by atoms with E-state index in [4.69, 9.17) is 18.9 Å². The summed E-state index contributed by atoms with van der Waals surface area (Å²) in [6, 6.07) is 0. The minimum atomic E-state index is -1.31. The molecule has 0 bridgehead atoms. The number of carbonyl (C=O) groups excluding carboxylic acids is 4. The van der Waals surface area contributed by atoms with Gasteiger partial charge in [0.25, 0.3) is 0 Å². The maximum atomic E-state index is 11.4. The minimum Gasteiger partial charge on any atom is -0.463 e. The van der Waals surface area contributed by atoms with Crippen LogP contribution in [0.15, 0.2) is 4.99 Å². The number of amides is 1. The molecule has 3 unspecified atom stereocenters. The number of hydrogen-bond donors (Lipinski definition) is 0. The molecule has 0 aromatic rings. The number of ether oxygens (including phenoxy) is 4. The Morgan fingerprint density at radius 1 is 1.00 bits per heavy atom. The quantitative estimate of drug-likeness (QED) is 0.531. The first-order valence-electron chi connectivity index (χ1n) is 7.34. The van der Waals surface area contributed by atoms with Gasteiger partial charge in [-0.05, 0) is 0 Å². The van der Waals surface area contributed by atoms with Gasteiger partial charge in [0, 0.05) is 33.6 Å². The summed E-state index contributed by atoms with van der Waals surface area (Å²) in [5.74, 6) is -2.83. The van der Waals surface area contributed by atoms with Crippen molar-refractivity contribution < 1.29 is 38.1 Å². The van der Waals surface area contributed by atoms with Gasteiger partial charge in [-0.25, -0.2) is 4.99 Å². The maximum Gasteiger partial charge on any atom is 0.305 e. The first-order chi connectivity index (χ1) is 11.1. The van der Waals surface area contributed by atoms with Crippen molar-refractivity contribution in [3.63, 3.8) is 0 Å². The van der Waals surface area contributed by atoms with Crippen LogP contribution in [0.2, 0.25) is 0 Å². The molecular formula is C15H21NO8. The Hall–Kier alpha value is -2.29. The van der Waals surface area contributed by atoms with Crippen molar-refractivity contribution in [3.05, 3.63) is 0 Å². The van der Waals surface area contributed by atoms with Crippen LogP contribution in [0.1, 0.15) is 34.6 Å². The van der Waals surface area contributed by atoms with Gasteiger partial charge in [-0.3, -0.25) is 19.2 Å². The number of rotatable bonds is 4. The smallest absolute Gasteiger partial charge is 0.305 e. The van der Waals surface area contributed by atoms with Crippen molar-refractivity contribution >= 4 is 29.5 Å². The number of aliphatic imine (C=N–C) groups is 1. The van der Waals surface area contributed by atoms with Gasteiger partial charge in [0.15, 0.2) is 6.10 Å². The summed E-state index contributed by atoms with van der Waals surface area (Å²) in [5.41, 5.74) is -0.0144. The van der Waals surface area contributed by atoms with Gasteiger partial charge in [0.2, 0.25) is 12.2 Å². The molecule has 0 N–H and O–H groups in total. The van der Waals surface area contributed by atoms with Crippen molar-refractivity contribution in [2.75, 3.05) is 6.61 Å². The number of nitrogens with zero attached hydrogens (tertiary/aromatic N) is 1. The van der Waals surface area contributed by atoms with E-state index >= 15 is 0 Å². The highest BCUT2D eigenvalue weighted by Gasteiger charge is 2.45. The van der Waals surface area contributed by atoms with E-state index in [-0.39, 0.29) is 12.3 Å². The van der Waals surface area contributed by atoms with Crippen LogP contribution in [-0.4, -0.2) is 54.6 Å². The predicted molar refractivity (Wildman–Crippen MR) is 79.9 cm³/mol. The molecule has 1 aliphatic heterocycles. The third-order valence-corrected chi connectivity index (χ3v) is 3.20. The van der Waals surface area contributed by atoms with Crippen LogP contribution in [0.4, 0.5) is 0 Å². The summed E-state index contributed by atoms with van der Waals surface area (Å²) < 4.78 is 20.8. The standard InChI is InChI=1S/C15H21NO8/c1-7-12(6-21-9(3)18)24-15(23-11(5)20)13(16-8(2)17)14(7)22-10(4)19/h7,12,14-15H,6H2,1-5H3/t7?,12-,14?,15?/m1/s1. The maximum absolute atomic E-state index is 11.4. The van der Waals surface area contributed by atoms with E-state index in [1.165, 1.54) is 20.8 Å². The van der Waals surface area contributed by atoms with Crippen molar-refractivity contribution in [1.29, 1.82) is 0 Å². The highest BCUT2D eigenvalue weighted by atomic mass is 16.7. The molecule has 0 aliphatic carbocycles. The second-order valence-corrected chi connectivity index (χ2v) is 5.36. The Balaban J connectivity index is 3.17. The number of hydrogen-bond acceptors (Lipinski definition) is 8. The van der Waals surface area contributed by atoms with Gasteiger partial charge in [0.05, 0.1) is 0 Å². The van der Waals surface area contributed by atoms with Crippen LogP contribution in [0, 0.1) is 5.92 Å². The van der Waals surface area contributed by atoms with E-state index in [2.05, 4.69) is 4.99 Å². The summed E-state index contributed by atoms with van der Waals surface area (Å²) in [5, 5.41) is 0. The van der Waals surface area contributed by atoms with Gasteiger partial charge in [0.1, 0.15) is 18.4 Å². The van der Waals surface area contributed by atoms with Crippen LogP contribution in [0.3, 0.4) is 0 Å². The second-order valence-electron chi connectivity index (χ2n) is 5.36. The predicted octanol–water partition coefficient (Wildman–Crippen LogP) is 0.393.